The van der Waals surface area contributed by atoms with Crippen molar-refractivity contribution in [1.29, 1.82) is 0 Å². The molecule has 1 aromatic carbocycles. The van der Waals surface area contributed by atoms with Gasteiger partial charge in [-0.1, -0.05) is 41.9 Å². The van der Waals surface area contributed by atoms with E-state index in [0.29, 0.717) is 0 Å². The molecule has 106 valence electrons. The number of hydrogen-bond acceptors (Lipinski definition) is 3. The first-order valence-electron chi connectivity index (χ1n) is 6.41. The summed E-state index contributed by atoms with van der Waals surface area (Å²) in [7, 11) is 0. The number of nitrogens with one attached hydrogen (secondary N) is 1. The quantitative estimate of drug-likeness (QED) is 0.885. The number of amides is 1. The van der Waals surface area contributed by atoms with Gasteiger partial charge < -0.3 is 11.1 Å². The van der Waals surface area contributed by atoms with Crippen LogP contribution in [0, 0.1) is 0 Å². The van der Waals surface area contributed by atoms with Gasteiger partial charge in [0.1, 0.15) is 0 Å². The maximum Gasteiger partial charge on any atom is 0.222 e. The van der Waals surface area contributed by atoms with E-state index in [1.54, 1.807) is 0 Å². The highest BCUT2D eigenvalue weighted by Gasteiger charge is 2.15. The molecule has 0 fully saturated rings. The van der Waals surface area contributed by atoms with E-state index in [1.807, 2.05) is 49.4 Å². The number of hydrogen-bond donors (Lipinski definition) is 2. The number of carbonyl (C=O) groups is 1. The summed E-state index contributed by atoms with van der Waals surface area (Å²) >= 11 is 7.36. The Morgan fingerprint density at radius 2 is 2.00 bits per heavy atom. The monoisotopic (exact) mass is 308 g/mol. The van der Waals surface area contributed by atoms with Crippen LogP contribution in [0.25, 0.3) is 0 Å². The highest BCUT2D eigenvalue weighted by Crippen LogP contribution is 2.26. The van der Waals surface area contributed by atoms with Crippen molar-refractivity contribution in [1.82, 2.24) is 5.32 Å². The first-order valence-corrected chi connectivity index (χ1v) is 7.61. The Morgan fingerprint density at radius 3 is 2.60 bits per heavy atom. The molecule has 3 nitrogen and oxygen atoms in total. The van der Waals surface area contributed by atoms with E-state index in [2.05, 4.69) is 5.32 Å². The summed E-state index contributed by atoms with van der Waals surface area (Å²) in [5.41, 5.74) is 7.00. The molecule has 1 heterocycles. The predicted octanol–water partition coefficient (Wildman–Crippen LogP) is 3.67. The molecule has 2 atom stereocenters. The topological polar surface area (TPSA) is 55.1 Å². The molecule has 0 bridgehead atoms. The van der Waals surface area contributed by atoms with Gasteiger partial charge in [-0.05, 0) is 24.6 Å². The molecule has 0 saturated carbocycles. The second kappa shape index (κ2) is 6.88. The van der Waals surface area contributed by atoms with Gasteiger partial charge >= 0.3 is 0 Å². The SMILES string of the molecule is C[C@H](NC(=O)C[C@H](N)c1ccccc1)c1ccc(Cl)s1. The lowest BCUT2D eigenvalue weighted by Crippen LogP contribution is -2.29. The molecule has 0 aliphatic carbocycles. The minimum Gasteiger partial charge on any atom is -0.349 e. The van der Waals surface area contributed by atoms with Crippen molar-refractivity contribution in [3.8, 4) is 0 Å². The third kappa shape index (κ3) is 4.07. The van der Waals surface area contributed by atoms with E-state index >= 15 is 0 Å². The molecule has 1 amide bonds. The third-order valence-electron chi connectivity index (χ3n) is 3.03. The fourth-order valence-electron chi connectivity index (χ4n) is 1.95. The molecule has 2 aromatic rings. The van der Waals surface area contributed by atoms with Crippen LogP contribution in [0.15, 0.2) is 42.5 Å². The average molecular weight is 309 g/mol. The lowest BCUT2D eigenvalue weighted by Gasteiger charge is -2.15. The van der Waals surface area contributed by atoms with Crippen LogP contribution in [-0.4, -0.2) is 5.91 Å². The minimum absolute atomic E-state index is 0.0528. The molecule has 0 saturated heterocycles. The van der Waals surface area contributed by atoms with Gasteiger partial charge in [0.05, 0.1) is 10.4 Å². The maximum atomic E-state index is 12.0. The first kappa shape index (κ1) is 15.0. The molecule has 2 rings (SSSR count). The highest BCUT2D eigenvalue weighted by molar-refractivity contribution is 7.16. The Balaban J connectivity index is 1.89. The molecule has 0 radical (unpaired) electrons. The van der Waals surface area contributed by atoms with Crippen LogP contribution in [0.3, 0.4) is 0 Å². The van der Waals surface area contributed by atoms with Gasteiger partial charge in [-0.2, -0.15) is 0 Å². The van der Waals surface area contributed by atoms with Gasteiger partial charge in [-0.25, -0.2) is 0 Å². The van der Waals surface area contributed by atoms with Crippen LogP contribution in [0.1, 0.15) is 35.9 Å². The normalized spacial score (nSPS) is 13.8. The second-order valence-electron chi connectivity index (χ2n) is 4.65. The van der Waals surface area contributed by atoms with Crippen LogP contribution in [0.5, 0.6) is 0 Å². The molecular formula is C15H17ClN2OS. The summed E-state index contributed by atoms with van der Waals surface area (Å²) < 4.78 is 0.724. The number of nitrogens with two attached hydrogens (primary N) is 1. The summed E-state index contributed by atoms with van der Waals surface area (Å²) in [6, 6.07) is 13.1. The molecule has 3 N–H and O–H groups in total. The largest absolute Gasteiger partial charge is 0.349 e. The van der Waals surface area contributed by atoms with Crippen LogP contribution in [0.4, 0.5) is 0 Å². The maximum absolute atomic E-state index is 12.0. The van der Waals surface area contributed by atoms with Gasteiger partial charge in [-0.15, -0.1) is 11.3 Å². The fourth-order valence-corrected chi connectivity index (χ4v) is 3.01. The Labute approximate surface area is 127 Å². The van der Waals surface area contributed by atoms with Crippen molar-refractivity contribution in [3.63, 3.8) is 0 Å². The summed E-state index contributed by atoms with van der Waals surface area (Å²) in [4.78, 5) is 13.0. The summed E-state index contributed by atoms with van der Waals surface area (Å²) in [6.07, 6.45) is 0.271. The molecule has 20 heavy (non-hydrogen) atoms. The predicted molar refractivity (Wildman–Crippen MR) is 83.9 cm³/mol. The van der Waals surface area contributed by atoms with Crippen LogP contribution in [-0.2, 0) is 4.79 Å². The zero-order chi connectivity index (χ0) is 14.5. The van der Waals surface area contributed by atoms with E-state index < -0.39 is 0 Å². The smallest absolute Gasteiger partial charge is 0.222 e. The second-order valence-corrected chi connectivity index (χ2v) is 6.40. The average Bonchev–Trinajstić information content (AvgIpc) is 2.86. The molecule has 0 aliphatic rings. The molecule has 5 heteroatoms. The van der Waals surface area contributed by atoms with Crippen molar-refractivity contribution >= 4 is 28.8 Å². The van der Waals surface area contributed by atoms with E-state index in [0.717, 1.165) is 14.8 Å². The van der Waals surface area contributed by atoms with Crippen molar-refractivity contribution in [2.75, 3.05) is 0 Å². The number of rotatable bonds is 5. The minimum atomic E-state index is -0.282. The van der Waals surface area contributed by atoms with Gasteiger partial charge in [0.15, 0.2) is 0 Å². The van der Waals surface area contributed by atoms with E-state index in [9.17, 15) is 4.79 Å². The number of benzene rings is 1. The summed E-state index contributed by atoms with van der Waals surface area (Å²) in [5, 5.41) is 2.94. The van der Waals surface area contributed by atoms with Gasteiger partial charge in [0.2, 0.25) is 5.91 Å². The molecule has 0 spiro atoms. The van der Waals surface area contributed by atoms with E-state index in [4.69, 9.17) is 17.3 Å². The van der Waals surface area contributed by atoms with Crippen LogP contribution < -0.4 is 11.1 Å². The fraction of sp³-hybridized carbons (Fsp3) is 0.267. The lowest BCUT2D eigenvalue weighted by atomic mass is 10.0. The van der Waals surface area contributed by atoms with Crippen molar-refractivity contribution in [3.05, 3.63) is 57.2 Å². The highest BCUT2D eigenvalue weighted by atomic mass is 35.5. The van der Waals surface area contributed by atoms with Gasteiger partial charge in [0.25, 0.3) is 0 Å². The van der Waals surface area contributed by atoms with Gasteiger partial charge in [0, 0.05) is 17.3 Å². The van der Waals surface area contributed by atoms with Crippen molar-refractivity contribution < 1.29 is 4.79 Å². The van der Waals surface area contributed by atoms with Crippen molar-refractivity contribution in [2.45, 2.75) is 25.4 Å². The Bertz CT molecular complexity index is 570. The van der Waals surface area contributed by atoms with Gasteiger partial charge in [-0.3, -0.25) is 4.79 Å². The zero-order valence-electron chi connectivity index (χ0n) is 11.2. The standard InChI is InChI=1S/C15H17ClN2OS/c1-10(13-7-8-14(16)20-13)18-15(19)9-12(17)11-5-3-2-4-6-11/h2-8,10,12H,9,17H2,1H3,(H,18,19)/t10-,12-/m0/s1. The van der Waals surface area contributed by atoms with E-state index in [1.165, 1.54) is 11.3 Å². The summed E-state index contributed by atoms with van der Waals surface area (Å²) in [5.74, 6) is -0.0571. The Morgan fingerprint density at radius 1 is 1.30 bits per heavy atom. The zero-order valence-corrected chi connectivity index (χ0v) is 12.7. The number of thiophene rings is 1. The third-order valence-corrected chi connectivity index (χ3v) is 4.45. The number of carbonyl (C=O) groups excluding carboxylic acids is 1. The molecule has 0 aliphatic heterocycles. The number of halogens is 1. The molecule has 1 aromatic heterocycles. The van der Waals surface area contributed by atoms with Crippen LogP contribution >= 0.6 is 22.9 Å². The first-order chi connectivity index (χ1) is 9.56. The lowest BCUT2D eigenvalue weighted by molar-refractivity contribution is -0.122. The van der Waals surface area contributed by atoms with E-state index in [-0.39, 0.29) is 24.4 Å². The summed E-state index contributed by atoms with van der Waals surface area (Å²) in [6.45, 7) is 1.94. The molecular weight excluding hydrogens is 292 g/mol. The van der Waals surface area contributed by atoms with Crippen LogP contribution in [0.2, 0.25) is 4.34 Å². The Hall–Kier alpha value is -1.36. The Kier molecular flexibility index (Phi) is 5.17. The van der Waals surface area contributed by atoms with Crippen molar-refractivity contribution in [2.24, 2.45) is 5.73 Å². The molecule has 0 unspecified atom stereocenters.